The number of hydrogen-bond acceptors (Lipinski definition) is 3. The molecule has 0 saturated carbocycles. The van der Waals surface area contributed by atoms with Crippen molar-refractivity contribution in [2.45, 2.75) is 53.0 Å². The predicted molar refractivity (Wildman–Crippen MR) is 131 cm³/mol. The van der Waals surface area contributed by atoms with Crippen LogP contribution in [0, 0.1) is 11.8 Å². The number of anilines is 1. The lowest BCUT2D eigenvalue weighted by Crippen LogP contribution is -2.31. The van der Waals surface area contributed by atoms with Gasteiger partial charge in [0.1, 0.15) is 5.75 Å². The molecule has 4 nitrogen and oxygen atoms in total. The number of methoxy groups -OCH3 is 1. The van der Waals surface area contributed by atoms with Gasteiger partial charge in [-0.25, -0.2) is 0 Å². The molecule has 4 heteroatoms. The number of rotatable bonds is 8. The summed E-state index contributed by atoms with van der Waals surface area (Å²) < 4.78 is 5.25. The Morgan fingerprint density at radius 1 is 1.03 bits per heavy atom. The van der Waals surface area contributed by atoms with Gasteiger partial charge in [0, 0.05) is 32.2 Å². The fraction of sp³-hybridized carbons (Fsp3) is 0.519. The summed E-state index contributed by atoms with van der Waals surface area (Å²) in [7, 11) is 5.78. The number of likely N-dealkylation sites (tertiary alicyclic amines) is 1. The molecule has 0 aliphatic carbocycles. The number of benzene rings is 2. The largest absolute Gasteiger partial charge is 0.497 e. The maximum absolute atomic E-state index is 13.2. The summed E-state index contributed by atoms with van der Waals surface area (Å²) in [6.07, 6.45) is 2.74. The van der Waals surface area contributed by atoms with Gasteiger partial charge in [0.25, 0.3) is 0 Å². The molecule has 31 heavy (non-hydrogen) atoms. The van der Waals surface area contributed by atoms with E-state index in [9.17, 15) is 4.79 Å². The van der Waals surface area contributed by atoms with Crippen LogP contribution in [0.3, 0.4) is 0 Å². The Labute approximate surface area is 189 Å². The van der Waals surface area contributed by atoms with Gasteiger partial charge in [-0.05, 0) is 60.6 Å². The fourth-order valence-electron chi connectivity index (χ4n) is 4.27. The van der Waals surface area contributed by atoms with E-state index in [1.54, 1.807) is 7.11 Å². The van der Waals surface area contributed by atoms with E-state index in [0.29, 0.717) is 11.8 Å². The third-order valence-electron chi connectivity index (χ3n) is 5.87. The molecule has 0 bridgehead atoms. The molecule has 1 heterocycles. The van der Waals surface area contributed by atoms with Crippen LogP contribution < -0.4 is 9.64 Å². The highest BCUT2D eigenvalue weighted by Crippen LogP contribution is 2.39. The molecule has 1 aliphatic rings. The molecule has 0 unspecified atom stereocenters. The number of ether oxygens (including phenoxy) is 1. The van der Waals surface area contributed by atoms with Crippen molar-refractivity contribution in [2.75, 3.05) is 32.6 Å². The van der Waals surface area contributed by atoms with Crippen LogP contribution in [0.2, 0.25) is 0 Å². The van der Waals surface area contributed by atoms with E-state index < -0.39 is 0 Å². The van der Waals surface area contributed by atoms with Gasteiger partial charge in [-0.2, -0.15) is 0 Å². The Balaban J connectivity index is 0.00000166. The van der Waals surface area contributed by atoms with Gasteiger partial charge in [0.2, 0.25) is 5.91 Å². The topological polar surface area (TPSA) is 32.8 Å². The maximum Gasteiger partial charge on any atom is 0.226 e. The first-order valence-corrected chi connectivity index (χ1v) is 11.6. The lowest BCUT2D eigenvalue weighted by atomic mass is 9.92. The van der Waals surface area contributed by atoms with E-state index in [1.165, 1.54) is 16.8 Å². The smallest absolute Gasteiger partial charge is 0.226 e. The highest BCUT2D eigenvalue weighted by atomic mass is 16.5. The molecule has 2 aromatic rings. The molecule has 1 aliphatic heterocycles. The van der Waals surface area contributed by atoms with Crippen LogP contribution in [0.1, 0.15) is 57.7 Å². The van der Waals surface area contributed by atoms with Gasteiger partial charge in [-0.3, -0.25) is 4.79 Å². The first-order valence-electron chi connectivity index (χ1n) is 11.6. The SMILES string of the molecule is CC.COc1ccc(CCN2C(=O)[C@H](CC(C)C)C[C@H]2c2ccc(N(C)C)cc2)cc1. The Hall–Kier alpha value is -2.49. The van der Waals surface area contributed by atoms with Gasteiger partial charge in [-0.15, -0.1) is 0 Å². The zero-order valence-electron chi connectivity index (χ0n) is 20.4. The van der Waals surface area contributed by atoms with Gasteiger partial charge >= 0.3 is 0 Å². The van der Waals surface area contributed by atoms with Crippen LogP contribution in [-0.4, -0.2) is 38.6 Å². The summed E-state index contributed by atoms with van der Waals surface area (Å²) in [6, 6.07) is 17.0. The van der Waals surface area contributed by atoms with Crippen LogP contribution in [0.15, 0.2) is 48.5 Å². The number of nitrogens with zero attached hydrogens (tertiary/aromatic N) is 2. The molecule has 2 aromatic carbocycles. The monoisotopic (exact) mass is 424 g/mol. The second-order valence-corrected chi connectivity index (χ2v) is 8.69. The van der Waals surface area contributed by atoms with Gasteiger partial charge in [0.15, 0.2) is 0 Å². The Bertz CT molecular complexity index is 797. The van der Waals surface area contributed by atoms with Crippen LogP contribution in [0.5, 0.6) is 5.75 Å². The predicted octanol–water partition coefficient (Wildman–Crippen LogP) is 5.97. The fourth-order valence-corrected chi connectivity index (χ4v) is 4.27. The molecule has 3 rings (SSSR count). The lowest BCUT2D eigenvalue weighted by Gasteiger charge is -2.26. The van der Waals surface area contributed by atoms with Crippen LogP contribution in [0.4, 0.5) is 5.69 Å². The Morgan fingerprint density at radius 3 is 2.16 bits per heavy atom. The molecule has 0 radical (unpaired) electrons. The number of amides is 1. The van der Waals surface area contributed by atoms with Gasteiger partial charge in [0.05, 0.1) is 13.2 Å². The van der Waals surface area contributed by atoms with Crippen molar-refractivity contribution in [3.8, 4) is 5.75 Å². The number of hydrogen-bond donors (Lipinski definition) is 0. The molecule has 170 valence electrons. The molecular formula is C27H40N2O2. The minimum absolute atomic E-state index is 0.129. The van der Waals surface area contributed by atoms with Crippen molar-refractivity contribution in [3.05, 3.63) is 59.7 Å². The number of carbonyl (C=O) groups excluding carboxylic acids is 1. The zero-order chi connectivity index (χ0) is 23.0. The molecular weight excluding hydrogens is 384 g/mol. The van der Waals surface area contributed by atoms with Crippen molar-refractivity contribution in [1.82, 2.24) is 4.90 Å². The van der Waals surface area contributed by atoms with Gasteiger partial charge < -0.3 is 14.5 Å². The number of carbonyl (C=O) groups is 1. The van der Waals surface area contributed by atoms with Crippen LogP contribution in [-0.2, 0) is 11.2 Å². The van der Waals surface area contributed by atoms with E-state index in [1.807, 2.05) is 40.1 Å². The second-order valence-electron chi connectivity index (χ2n) is 8.69. The van der Waals surface area contributed by atoms with Crippen molar-refractivity contribution >= 4 is 11.6 Å². The Kier molecular flexibility index (Phi) is 9.42. The van der Waals surface area contributed by atoms with Crippen molar-refractivity contribution < 1.29 is 9.53 Å². The van der Waals surface area contributed by atoms with Gasteiger partial charge in [-0.1, -0.05) is 52.0 Å². The molecule has 0 spiro atoms. The molecule has 0 aromatic heterocycles. The van der Waals surface area contributed by atoms with Crippen LogP contribution >= 0.6 is 0 Å². The summed E-state index contributed by atoms with van der Waals surface area (Å²) in [5, 5.41) is 0. The Morgan fingerprint density at radius 2 is 1.65 bits per heavy atom. The minimum atomic E-state index is 0.129. The third-order valence-corrected chi connectivity index (χ3v) is 5.87. The van der Waals surface area contributed by atoms with E-state index in [4.69, 9.17) is 4.74 Å². The van der Waals surface area contributed by atoms with Crippen LogP contribution in [0.25, 0.3) is 0 Å². The average molecular weight is 425 g/mol. The van der Waals surface area contributed by atoms with E-state index in [2.05, 4.69) is 60.0 Å². The van der Waals surface area contributed by atoms with E-state index >= 15 is 0 Å². The normalized spacial score (nSPS) is 18.1. The lowest BCUT2D eigenvalue weighted by molar-refractivity contribution is -0.132. The summed E-state index contributed by atoms with van der Waals surface area (Å²) >= 11 is 0. The average Bonchev–Trinajstić information content (AvgIpc) is 3.08. The van der Waals surface area contributed by atoms with Crippen molar-refractivity contribution in [3.63, 3.8) is 0 Å². The highest BCUT2D eigenvalue weighted by Gasteiger charge is 2.39. The second kappa shape index (κ2) is 11.8. The third kappa shape index (κ3) is 6.49. The van der Waals surface area contributed by atoms with E-state index in [-0.39, 0.29) is 12.0 Å². The first kappa shape index (κ1) is 24.8. The highest BCUT2D eigenvalue weighted by molar-refractivity contribution is 5.82. The maximum atomic E-state index is 13.2. The van der Waals surface area contributed by atoms with Crippen molar-refractivity contribution in [2.24, 2.45) is 11.8 Å². The standard InChI is InChI=1S/C25H34N2O2.C2H6/c1-18(2)16-21-17-24(20-8-10-22(11-9-20)26(3)4)27(25(21)28)15-14-19-6-12-23(29-5)13-7-19;1-2/h6-13,18,21,24H,14-17H2,1-5H3;1-2H3/t21-,24+;/m1./s1. The summed E-state index contributed by atoms with van der Waals surface area (Å²) in [5.41, 5.74) is 3.65. The van der Waals surface area contributed by atoms with E-state index in [0.717, 1.165) is 31.6 Å². The molecule has 1 amide bonds. The molecule has 1 saturated heterocycles. The quantitative estimate of drug-likeness (QED) is 0.524. The van der Waals surface area contributed by atoms with Crippen molar-refractivity contribution in [1.29, 1.82) is 0 Å². The first-order chi connectivity index (χ1) is 14.9. The zero-order valence-corrected chi connectivity index (χ0v) is 20.4. The summed E-state index contributed by atoms with van der Waals surface area (Å²) in [6.45, 7) is 9.15. The molecule has 0 N–H and O–H groups in total. The summed E-state index contributed by atoms with van der Waals surface area (Å²) in [4.78, 5) is 17.4. The molecule has 2 atom stereocenters. The minimum Gasteiger partial charge on any atom is -0.497 e. The molecule has 1 fully saturated rings. The summed E-state index contributed by atoms with van der Waals surface area (Å²) in [5.74, 6) is 1.84.